The van der Waals surface area contributed by atoms with Crippen molar-refractivity contribution in [3.8, 4) is 0 Å². The van der Waals surface area contributed by atoms with Gasteiger partial charge in [0, 0.05) is 0 Å². The number of nitrogens with zero attached hydrogens (tertiary/aromatic N) is 3. The van der Waals surface area contributed by atoms with Crippen LogP contribution in [0, 0.1) is 0 Å². The van der Waals surface area contributed by atoms with E-state index < -0.39 is 0 Å². The van der Waals surface area contributed by atoms with E-state index in [2.05, 4.69) is 34.1 Å². The van der Waals surface area contributed by atoms with E-state index in [1.807, 2.05) is 0 Å². The third kappa shape index (κ3) is 8.97. The Morgan fingerprint density at radius 1 is 0.909 bits per heavy atom. The van der Waals surface area contributed by atoms with Crippen molar-refractivity contribution in [3.05, 3.63) is 19.0 Å². The molecule has 0 bridgehead atoms. The molecule has 1 aromatic heterocycles. The zero-order valence-electron chi connectivity index (χ0n) is 6.99. The quantitative estimate of drug-likeness (QED) is 0.673. The van der Waals surface area contributed by atoms with E-state index >= 15 is 0 Å². The Bertz CT molecular complexity index is 114. The predicted octanol–water partition coefficient (Wildman–Crippen LogP) is 0.487. The standard InChI is InChI=1S/C4H11N.C3H3N3/c1-3-5-4-2;1-4-2-6-3-5-1/h5H,3-4H2,1-2H3;1-3H. The highest BCUT2D eigenvalue weighted by Gasteiger charge is 1.62. The first-order chi connectivity index (χ1) is 5.41. The van der Waals surface area contributed by atoms with Gasteiger partial charge in [-0.25, -0.2) is 15.0 Å². The minimum absolute atomic E-state index is 1.09. The topological polar surface area (TPSA) is 50.7 Å². The Morgan fingerprint density at radius 3 is 1.36 bits per heavy atom. The summed E-state index contributed by atoms with van der Waals surface area (Å²) in [6, 6.07) is 0. The first-order valence-corrected chi connectivity index (χ1v) is 3.67. The Balaban J connectivity index is 0.000000187. The van der Waals surface area contributed by atoms with Crippen LogP contribution in [-0.4, -0.2) is 28.0 Å². The summed E-state index contributed by atoms with van der Waals surface area (Å²) in [7, 11) is 0. The van der Waals surface area contributed by atoms with E-state index in [9.17, 15) is 0 Å². The number of aromatic nitrogens is 3. The van der Waals surface area contributed by atoms with E-state index in [1.54, 1.807) is 0 Å². The highest BCUT2D eigenvalue weighted by molar-refractivity contribution is 4.51. The van der Waals surface area contributed by atoms with Gasteiger partial charge in [-0.15, -0.1) is 0 Å². The van der Waals surface area contributed by atoms with Crippen LogP contribution < -0.4 is 5.32 Å². The molecule has 0 aliphatic rings. The van der Waals surface area contributed by atoms with Crippen LogP contribution in [0.1, 0.15) is 13.8 Å². The van der Waals surface area contributed by atoms with Crippen molar-refractivity contribution in [1.29, 1.82) is 0 Å². The molecule has 0 radical (unpaired) electrons. The predicted molar refractivity (Wildman–Crippen MR) is 44.0 cm³/mol. The molecule has 0 amide bonds. The molecule has 1 N–H and O–H groups in total. The van der Waals surface area contributed by atoms with Crippen LogP contribution in [0.25, 0.3) is 0 Å². The van der Waals surface area contributed by atoms with E-state index in [0.29, 0.717) is 0 Å². The molecular formula is C7H14N4. The second kappa shape index (κ2) is 8.97. The van der Waals surface area contributed by atoms with Crippen molar-refractivity contribution < 1.29 is 0 Å². The van der Waals surface area contributed by atoms with E-state index in [-0.39, 0.29) is 0 Å². The Kier molecular flexibility index (Phi) is 8.13. The third-order valence-corrected chi connectivity index (χ3v) is 0.900. The fourth-order valence-electron chi connectivity index (χ4n) is 0.455. The van der Waals surface area contributed by atoms with E-state index in [4.69, 9.17) is 0 Å². The van der Waals surface area contributed by atoms with Crippen molar-refractivity contribution in [3.63, 3.8) is 0 Å². The van der Waals surface area contributed by atoms with Gasteiger partial charge in [0.15, 0.2) is 0 Å². The number of rotatable bonds is 2. The molecule has 62 valence electrons. The lowest BCUT2D eigenvalue weighted by Gasteiger charge is -1.86. The van der Waals surface area contributed by atoms with Crippen LogP contribution in [0.3, 0.4) is 0 Å². The number of hydrogen-bond acceptors (Lipinski definition) is 4. The molecule has 0 aliphatic heterocycles. The maximum Gasteiger partial charge on any atom is 0.119 e. The monoisotopic (exact) mass is 154 g/mol. The lowest BCUT2D eigenvalue weighted by atomic mass is 10.7. The third-order valence-electron chi connectivity index (χ3n) is 0.900. The van der Waals surface area contributed by atoms with Gasteiger partial charge >= 0.3 is 0 Å². The van der Waals surface area contributed by atoms with Crippen molar-refractivity contribution in [2.24, 2.45) is 0 Å². The first-order valence-electron chi connectivity index (χ1n) is 3.67. The number of nitrogens with one attached hydrogen (secondary N) is 1. The van der Waals surface area contributed by atoms with Crippen molar-refractivity contribution in [1.82, 2.24) is 20.3 Å². The van der Waals surface area contributed by atoms with Gasteiger partial charge in [-0.05, 0) is 13.1 Å². The molecule has 4 nitrogen and oxygen atoms in total. The smallest absolute Gasteiger partial charge is 0.119 e. The molecule has 0 fully saturated rings. The zero-order valence-corrected chi connectivity index (χ0v) is 6.99. The fourth-order valence-corrected chi connectivity index (χ4v) is 0.455. The lowest BCUT2D eigenvalue weighted by Crippen LogP contribution is -2.09. The summed E-state index contributed by atoms with van der Waals surface area (Å²) < 4.78 is 0. The van der Waals surface area contributed by atoms with Crippen LogP contribution in [0.4, 0.5) is 0 Å². The minimum Gasteiger partial charge on any atom is -0.317 e. The summed E-state index contributed by atoms with van der Waals surface area (Å²) in [4.78, 5) is 10.7. The van der Waals surface area contributed by atoms with Crippen molar-refractivity contribution in [2.45, 2.75) is 13.8 Å². The maximum absolute atomic E-state index is 3.56. The molecule has 0 aliphatic carbocycles. The molecule has 1 rings (SSSR count). The molecule has 1 aromatic rings. The van der Waals surface area contributed by atoms with Crippen LogP contribution in [0.15, 0.2) is 19.0 Å². The minimum atomic E-state index is 1.09. The van der Waals surface area contributed by atoms with Crippen LogP contribution in [-0.2, 0) is 0 Å². The van der Waals surface area contributed by atoms with Gasteiger partial charge in [-0.1, -0.05) is 13.8 Å². The molecule has 0 atom stereocenters. The maximum atomic E-state index is 3.56. The largest absolute Gasteiger partial charge is 0.317 e. The molecule has 0 saturated heterocycles. The van der Waals surface area contributed by atoms with Crippen molar-refractivity contribution >= 4 is 0 Å². The van der Waals surface area contributed by atoms with Gasteiger partial charge in [0.2, 0.25) is 0 Å². The van der Waals surface area contributed by atoms with Gasteiger partial charge in [0.1, 0.15) is 19.0 Å². The average molecular weight is 154 g/mol. The summed E-state index contributed by atoms with van der Waals surface area (Å²) in [6.45, 7) is 6.39. The van der Waals surface area contributed by atoms with Crippen LogP contribution >= 0.6 is 0 Å². The fraction of sp³-hybridized carbons (Fsp3) is 0.571. The van der Waals surface area contributed by atoms with Gasteiger partial charge in [0.25, 0.3) is 0 Å². The van der Waals surface area contributed by atoms with Gasteiger partial charge in [-0.3, -0.25) is 0 Å². The molecule has 0 saturated carbocycles. The summed E-state index contributed by atoms with van der Waals surface area (Å²) in [5.74, 6) is 0. The second-order valence-electron chi connectivity index (χ2n) is 1.75. The summed E-state index contributed by atoms with van der Waals surface area (Å²) >= 11 is 0. The Labute approximate surface area is 67.1 Å². The molecule has 0 unspecified atom stereocenters. The lowest BCUT2D eigenvalue weighted by molar-refractivity contribution is 0.762. The normalized spacial score (nSPS) is 8.18. The van der Waals surface area contributed by atoms with Gasteiger partial charge in [-0.2, -0.15) is 0 Å². The van der Waals surface area contributed by atoms with Crippen LogP contribution in [0.5, 0.6) is 0 Å². The Morgan fingerprint density at radius 2 is 1.27 bits per heavy atom. The second-order valence-corrected chi connectivity index (χ2v) is 1.75. The van der Waals surface area contributed by atoms with E-state index in [0.717, 1.165) is 13.1 Å². The number of hydrogen-bond donors (Lipinski definition) is 1. The summed E-state index contributed by atoms with van der Waals surface area (Å²) in [5.41, 5.74) is 0. The molecular weight excluding hydrogens is 140 g/mol. The highest BCUT2D eigenvalue weighted by Crippen LogP contribution is 1.57. The molecule has 11 heavy (non-hydrogen) atoms. The SMILES string of the molecule is CCNCC.c1ncncn1. The zero-order chi connectivity index (χ0) is 8.36. The molecule has 4 heteroatoms. The first kappa shape index (κ1) is 9.97. The molecule has 1 heterocycles. The molecule has 0 aromatic carbocycles. The van der Waals surface area contributed by atoms with Gasteiger partial charge < -0.3 is 5.32 Å². The van der Waals surface area contributed by atoms with Gasteiger partial charge in [0.05, 0.1) is 0 Å². The summed E-state index contributed by atoms with van der Waals surface area (Å²) in [6.07, 6.45) is 4.31. The van der Waals surface area contributed by atoms with E-state index in [1.165, 1.54) is 19.0 Å². The average Bonchev–Trinajstić information content (AvgIpc) is 2.10. The molecule has 0 spiro atoms. The summed E-state index contributed by atoms with van der Waals surface area (Å²) in [5, 5.41) is 3.11. The highest BCUT2D eigenvalue weighted by atomic mass is 14.9. The van der Waals surface area contributed by atoms with Crippen LogP contribution in [0.2, 0.25) is 0 Å². The van der Waals surface area contributed by atoms with Crippen molar-refractivity contribution in [2.75, 3.05) is 13.1 Å². The Hall–Kier alpha value is -1.03.